The number of aliphatic hydroxyl groups excluding tert-OH is 1. The van der Waals surface area contributed by atoms with Crippen molar-refractivity contribution in [3.63, 3.8) is 0 Å². The highest BCUT2D eigenvalue weighted by molar-refractivity contribution is 5.48. The molecule has 1 atom stereocenters. The number of pyridine rings is 1. The molecule has 1 fully saturated rings. The van der Waals surface area contributed by atoms with Crippen LogP contribution in [0.25, 0.3) is 0 Å². The predicted octanol–water partition coefficient (Wildman–Crippen LogP) is 2.73. The fraction of sp³-hybridized carbons (Fsp3) is 0.643. The Labute approximate surface area is 103 Å². The molecular formula is C14H22N2O. The van der Waals surface area contributed by atoms with E-state index in [1.807, 2.05) is 6.07 Å². The fourth-order valence-electron chi connectivity index (χ4n) is 2.70. The van der Waals surface area contributed by atoms with E-state index in [0.29, 0.717) is 6.04 Å². The minimum absolute atomic E-state index is 0.0279. The molecule has 0 aliphatic carbocycles. The Morgan fingerprint density at radius 3 is 3.12 bits per heavy atom. The van der Waals surface area contributed by atoms with Crippen LogP contribution < -0.4 is 4.90 Å². The van der Waals surface area contributed by atoms with Crippen molar-refractivity contribution in [3.05, 3.63) is 24.0 Å². The first-order chi connectivity index (χ1) is 8.35. The number of aromatic nitrogens is 1. The van der Waals surface area contributed by atoms with Gasteiger partial charge in [0.2, 0.25) is 0 Å². The zero-order chi connectivity index (χ0) is 12.1. The van der Waals surface area contributed by atoms with Gasteiger partial charge in [-0.3, -0.25) is 4.98 Å². The first kappa shape index (κ1) is 12.4. The molecule has 94 valence electrons. The first-order valence-electron chi connectivity index (χ1n) is 6.67. The van der Waals surface area contributed by atoms with Gasteiger partial charge in [0.15, 0.2) is 0 Å². The molecule has 0 spiro atoms. The van der Waals surface area contributed by atoms with Crippen molar-refractivity contribution >= 4 is 5.69 Å². The molecule has 1 aromatic rings. The van der Waals surface area contributed by atoms with Crippen molar-refractivity contribution in [2.24, 2.45) is 0 Å². The maximum Gasteiger partial charge on any atom is 0.0853 e. The van der Waals surface area contributed by atoms with Gasteiger partial charge in [0.25, 0.3) is 0 Å². The summed E-state index contributed by atoms with van der Waals surface area (Å²) in [5.74, 6) is 0. The van der Waals surface area contributed by atoms with Crippen LogP contribution in [0.1, 0.15) is 44.7 Å². The van der Waals surface area contributed by atoms with Gasteiger partial charge in [-0.25, -0.2) is 0 Å². The third kappa shape index (κ3) is 2.97. The standard InChI is InChI=1S/C14H22N2O/c1-2-5-13-6-3-4-9-16(13)14-7-8-15-12(10-14)11-17/h7-8,10,13,17H,2-6,9,11H2,1H3. The highest BCUT2D eigenvalue weighted by atomic mass is 16.3. The van der Waals surface area contributed by atoms with Crippen molar-refractivity contribution in [2.75, 3.05) is 11.4 Å². The predicted molar refractivity (Wildman–Crippen MR) is 70.1 cm³/mol. The van der Waals surface area contributed by atoms with Gasteiger partial charge in [-0.2, -0.15) is 0 Å². The summed E-state index contributed by atoms with van der Waals surface area (Å²) in [6, 6.07) is 4.75. The highest BCUT2D eigenvalue weighted by Crippen LogP contribution is 2.27. The summed E-state index contributed by atoms with van der Waals surface area (Å²) in [4.78, 5) is 6.64. The van der Waals surface area contributed by atoms with E-state index < -0.39 is 0 Å². The summed E-state index contributed by atoms with van der Waals surface area (Å²) in [5.41, 5.74) is 1.99. The Kier molecular flexibility index (Phi) is 4.37. The van der Waals surface area contributed by atoms with Gasteiger partial charge in [-0.1, -0.05) is 13.3 Å². The number of rotatable bonds is 4. The number of hydrogen-bond acceptors (Lipinski definition) is 3. The third-order valence-corrected chi connectivity index (χ3v) is 3.54. The smallest absolute Gasteiger partial charge is 0.0853 e. The second-order valence-corrected chi connectivity index (χ2v) is 4.80. The summed E-state index contributed by atoms with van der Waals surface area (Å²) >= 11 is 0. The van der Waals surface area contributed by atoms with Crippen LogP contribution in [0, 0.1) is 0 Å². The summed E-state index contributed by atoms with van der Waals surface area (Å²) in [7, 11) is 0. The first-order valence-corrected chi connectivity index (χ1v) is 6.67. The minimum Gasteiger partial charge on any atom is -0.390 e. The van der Waals surface area contributed by atoms with Gasteiger partial charge >= 0.3 is 0 Å². The van der Waals surface area contributed by atoms with Crippen molar-refractivity contribution in [1.29, 1.82) is 0 Å². The van der Waals surface area contributed by atoms with Crippen LogP contribution in [-0.2, 0) is 6.61 Å². The lowest BCUT2D eigenvalue weighted by Crippen LogP contribution is -2.39. The Morgan fingerprint density at radius 1 is 1.47 bits per heavy atom. The second kappa shape index (κ2) is 6.01. The SMILES string of the molecule is CCCC1CCCCN1c1ccnc(CO)c1. The fourth-order valence-corrected chi connectivity index (χ4v) is 2.70. The molecule has 1 N–H and O–H groups in total. The lowest BCUT2D eigenvalue weighted by molar-refractivity contribution is 0.277. The van der Waals surface area contributed by atoms with Crippen molar-refractivity contribution in [1.82, 2.24) is 4.98 Å². The van der Waals surface area contributed by atoms with Gasteiger partial charge in [0.1, 0.15) is 0 Å². The Morgan fingerprint density at radius 2 is 2.35 bits per heavy atom. The van der Waals surface area contributed by atoms with E-state index in [9.17, 15) is 0 Å². The van der Waals surface area contributed by atoms with Crippen molar-refractivity contribution in [3.8, 4) is 0 Å². The van der Waals surface area contributed by atoms with Crippen LogP contribution in [0.15, 0.2) is 18.3 Å². The summed E-state index contributed by atoms with van der Waals surface area (Å²) in [5, 5.41) is 9.15. The lowest BCUT2D eigenvalue weighted by Gasteiger charge is -2.37. The summed E-state index contributed by atoms with van der Waals surface area (Å²) in [6.07, 6.45) is 8.22. The summed E-state index contributed by atoms with van der Waals surface area (Å²) < 4.78 is 0. The molecule has 1 aromatic heterocycles. The second-order valence-electron chi connectivity index (χ2n) is 4.80. The zero-order valence-corrected chi connectivity index (χ0v) is 10.6. The van der Waals surface area contributed by atoms with Gasteiger partial charge in [0, 0.05) is 24.5 Å². The topological polar surface area (TPSA) is 36.4 Å². The van der Waals surface area contributed by atoms with E-state index in [1.54, 1.807) is 6.20 Å². The normalized spacial score (nSPS) is 20.6. The monoisotopic (exact) mass is 234 g/mol. The Bertz CT molecular complexity index is 352. The maximum absolute atomic E-state index is 9.15. The number of piperidine rings is 1. The lowest BCUT2D eigenvalue weighted by atomic mass is 9.97. The molecule has 0 bridgehead atoms. The molecule has 1 saturated heterocycles. The quantitative estimate of drug-likeness (QED) is 0.870. The number of nitrogens with zero attached hydrogens (tertiary/aromatic N) is 2. The highest BCUT2D eigenvalue weighted by Gasteiger charge is 2.21. The average Bonchev–Trinajstić information content (AvgIpc) is 2.40. The number of hydrogen-bond donors (Lipinski definition) is 1. The van der Waals surface area contributed by atoms with E-state index in [2.05, 4.69) is 22.9 Å². The van der Waals surface area contributed by atoms with Crippen molar-refractivity contribution in [2.45, 2.75) is 51.7 Å². The van der Waals surface area contributed by atoms with E-state index in [0.717, 1.165) is 12.2 Å². The molecule has 0 saturated carbocycles. The molecular weight excluding hydrogens is 212 g/mol. The third-order valence-electron chi connectivity index (χ3n) is 3.54. The largest absolute Gasteiger partial charge is 0.390 e. The molecule has 3 nitrogen and oxygen atoms in total. The van der Waals surface area contributed by atoms with Crippen molar-refractivity contribution < 1.29 is 5.11 Å². The molecule has 2 heterocycles. The molecule has 1 unspecified atom stereocenters. The molecule has 0 amide bonds. The van der Waals surface area contributed by atoms with Crippen LogP contribution in [0.4, 0.5) is 5.69 Å². The molecule has 0 radical (unpaired) electrons. The van der Waals surface area contributed by atoms with E-state index in [4.69, 9.17) is 5.11 Å². The molecule has 17 heavy (non-hydrogen) atoms. The van der Waals surface area contributed by atoms with Gasteiger partial charge < -0.3 is 10.0 Å². The van der Waals surface area contributed by atoms with Crippen LogP contribution in [0.3, 0.4) is 0 Å². The van der Waals surface area contributed by atoms with Gasteiger partial charge in [-0.15, -0.1) is 0 Å². The minimum atomic E-state index is 0.0279. The molecule has 3 heteroatoms. The number of anilines is 1. The molecule has 1 aliphatic rings. The Balaban J connectivity index is 2.16. The average molecular weight is 234 g/mol. The van der Waals surface area contributed by atoms with Crippen LogP contribution in [0.2, 0.25) is 0 Å². The van der Waals surface area contributed by atoms with Crippen LogP contribution >= 0.6 is 0 Å². The zero-order valence-electron chi connectivity index (χ0n) is 10.6. The molecule has 2 rings (SSSR count). The molecule has 0 aromatic carbocycles. The van der Waals surface area contributed by atoms with E-state index >= 15 is 0 Å². The molecule has 1 aliphatic heterocycles. The Hall–Kier alpha value is -1.09. The van der Waals surface area contributed by atoms with E-state index in [-0.39, 0.29) is 6.61 Å². The van der Waals surface area contributed by atoms with Gasteiger partial charge in [0.05, 0.1) is 12.3 Å². The van der Waals surface area contributed by atoms with E-state index in [1.165, 1.54) is 37.8 Å². The number of aliphatic hydroxyl groups is 1. The van der Waals surface area contributed by atoms with Crippen LogP contribution in [0.5, 0.6) is 0 Å². The van der Waals surface area contributed by atoms with Gasteiger partial charge in [-0.05, 0) is 37.8 Å². The van der Waals surface area contributed by atoms with Crippen LogP contribution in [-0.4, -0.2) is 22.7 Å². The summed E-state index contributed by atoms with van der Waals surface area (Å²) in [6.45, 7) is 3.41. The maximum atomic E-state index is 9.15.